The van der Waals surface area contributed by atoms with E-state index in [2.05, 4.69) is 34.7 Å². The Balaban J connectivity index is 2.06. The predicted octanol–water partition coefficient (Wildman–Crippen LogP) is 1.21. The fourth-order valence-corrected chi connectivity index (χ4v) is 2.27. The van der Waals surface area contributed by atoms with Crippen LogP contribution in [0.2, 0.25) is 0 Å². The number of hydrogen-bond acceptors (Lipinski definition) is 2. The molecule has 3 aliphatic rings. The van der Waals surface area contributed by atoms with Crippen LogP contribution in [0.4, 0.5) is 0 Å². The second kappa shape index (κ2) is 2.23. The van der Waals surface area contributed by atoms with Gasteiger partial charge in [0.15, 0.2) is 0 Å². The van der Waals surface area contributed by atoms with Crippen molar-refractivity contribution in [3.05, 3.63) is 35.6 Å². The molecule has 1 N–H and O–H groups in total. The Morgan fingerprint density at radius 1 is 1.42 bits per heavy atom. The molecule has 62 valence electrons. The lowest BCUT2D eigenvalue weighted by atomic mass is 9.96. The van der Waals surface area contributed by atoms with E-state index >= 15 is 0 Å². The van der Waals surface area contributed by atoms with Gasteiger partial charge in [-0.25, -0.2) is 5.43 Å². The fraction of sp³-hybridized carbons (Fsp3) is 0.400. The van der Waals surface area contributed by atoms with E-state index < -0.39 is 0 Å². The van der Waals surface area contributed by atoms with E-state index in [0.717, 1.165) is 13.1 Å². The van der Waals surface area contributed by atoms with E-state index in [1.807, 2.05) is 0 Å². The minimum atomic E-state index is 0.651. The topological polar surface area (TPSA) is 15.3 Å². The molecular weight excluding hydrogens is 148 g/mol. The Morgan fingerprint density at radius 3 is 3.42 bits per heavy atom. The van der Waals surface area contributed by atoms with Gasteiger partial charge in [-0.1, -0.05) is 24.3 Å². The van der Waals surface area contributed by atoms with Gasteiger partial charge in [0.1, 0.15) is 0 Å². The highest BCUT2D eigenvalue weighted by Gasteiger charge is 2.31. The quantitative estimate of drug-likeness (QED) is 0.573. The standard InChI is InChI=1S/C10H12N2/c1-2-4-9-8(3-1)7-12-10(9)5-6-11-12/h1-4,8,11H,5-7H2. The van der Waals surface area contributed by atoms with Crippen molar-refractivity contribution in [2.45, 2.75) is 6.42 Å². The lowest BCUT2D eigenvalue weighted by molar-refractivity contribution is 0.308. The molecule has 2 aliphatic heterocycles. The highest BCUT2D eigenvalue weighted by molar-refractivity contribution is 5.40. The van der Waals surface area contributed by atoms with Crippen molar-refractivity contribution < 1.29 is 0 Å². The van der Waals surface area contributed by atoms with Gasteiger partial charge < -0.3 is 5.01 Å². The number of rotatable bonds is 0. The molecule has 0 saturated carbocycles. The second-order valence-electron chi connectivity index (χ2n) is 3.52. The first-order chi connectivity index (χ1) is 5.95. The third-order valence-electron chi connectivity index (χ3n) is 2.83. The molecule has 1 fully saturated rings. The minimum absolute atomic E-state index is 0.651. The van der Waals surface area contributed by atoms with E-state index in [9.17, 15) is 0 Å². The van der Waals surface area contributed by atoms with Crippen molar-refractivity contribution in [2.24, 2.45) is 5.92 Å². The summed E-state index contributed by atoms with van der Waals surface area (Å²) in [5.74, 6) is 0.651. The molecule has 0 aromatic heterocycles. The Morgan fingerprint density at radius 2 is 2.42 bits per heavy atom. The summed E-state index contributed by atoms with van der Waals surface area (Å²) in [6.45, 7) is 2.24. The highest BCUT2D eigenvalue weighted by atomic mass is 15.5. The van der Waals surface area contributed by atoms with Gasteiger partial charge in [0, 0.05) is 31.1 Å². The average Bonchev–Trinajstić information content (AvgIpc) is 2.62. The molecule has 2 heterocycles. The van der Waals surface area contributed by atoms with Crippen molar-refractivity contribution in [1.29, 1.82) is 0 Å². The average molecular weight is 160 g/mol. The molecule has 2 heteroatoms. The van der Waals surface area contributed by atoms with Crippen LogP contribution in [0, 0.1) is 5.92 Å². The number of hydrogen-bond donors (Lipinski definition) is 1. The van der Waals surface area contributed by atoms with Gasteiger partial charge in [0.25, 0.3) is 0 Å². The summed E-state index contributed by atoms with van der Waals surface area (Å²) < 4.78 is 0. The van der Waals surface area contributed by atoms with E-state index in [0.29, 0.717) is 5.92 Å². The number of nitrogens with one attached hydrogen (secondary N) is 1. The summed E-state index contributed by atoms with van der Waals surface area (Å²) >= 11 is 0. The maximum absolute atomic E-state index is 3.38. The summed E-state index contributed by atoms with van der Waals surface area (Å²) in [7, 11) is 0. The molecular formula is C10H12N2. The first-order valence-corrected chi connectivity index (χ1v) is 4.54. The summed E-state index contributed by atoms with van der Waals surface area (Å²) in [5.41, 5.74) is 6.43. The molecule has 0 spiro atoms. The first kappa shape index (κ1) is 6.49. The molecule has 1 saturated heterocycles. The fourth-order valence-electron chi connectivity index (χ4n) is 2.27. The van der Waals surface area contributed by atoms with Gasteiger partial charge in [-0.2, -0.15) is 0 Å². The Kier molecular flexibility index (Phi) is 1.21. The third-order valence-corrected chi connectivity index (χ3v) is 2.83. The monoisotopic (exact) mass is 160 g/mol. The van der Waals surface area contributed by atoms with E-state index in [4.69, 9.17) is 0 Å². The molecule has 0 radical (unpaired) electrons. The molecule has 0 aromatic carbocycles. The van der Waals surface area contributed by atoms with Crippen molar-refractivity contribution in [2.75, 3.05) is 13.1 Å². The normalized spacial score (nSPS) is 31.3. The lowest BCUT2D eigenvalue weighted by Gasteiger charge is -2.14. The molecule has 1 atom stereocenters. The SMILES string of the molecule is C1=CC2=C3CCNN3CC2C=C1. The molecule has 2 nitrogen and oxygen atoms in total. The highest BCUT2D eigenvalue weighted by Crippen LogP contribution is 2.34. The Bertz CT molecular complexity index is 299. The third kappa shape index (κ3) is 0.730. The lowest BCUT2D eigenvalue weighted by Crippen LogP contribution is -2.29. The van der Waals surface area contributed by atoms with E-state index in [1.165, 1.54) is 17.7 Å². The van der Waals surface area contributed by atoms with Crippen LogP contribution in [-0.4, -0.2) is 18.1 Å². The van der Waals surface area contributed by atoms with Crippen LogP contribution in [-0.2, 0) is 0 Å². The maximum atomic E-state index is 3.38. The zero-order chi connectivity index (χ0) is 7.97. The number of nitrogens with zero attached hydrogens (tertiary/aromatic N) is 1. The minimum Gasteiger partial charge on any atom is -0.311 e. The summed E-state index contributed by atoms with van der Waals surface area (Å²) in [6.07, 6.45) is 10.0. The molecule has 1 aliphatic carbocycles. The van der Waals surface area contributed by atoms with Crippen LogP contribution < -0.4 is 5.43 Å². The van der Waals surface area contributed by atoms with Crippen molar-refractivity contribution in [3.8, 4) is 0 Å². The Labute approximate surface area is 72.2 Å². The summed E-state index contributed by atoms with van der Waals surface area (Å²) in [4.78, 5) is 0. The summed E-state index contributed by atoms with van der Waals surface area (Å²) in [6, 6.07) is 0. The van der Waals surface area contributed by atoms with Crippen LogP contribution in [0.5, 0.6) is 0 Å². The van der Waals surface area contributed by atoms with Crippen LogP contribution in [0.15, 0.2) is 35.6 Å². The molecule has 12 heavy (non-hydrogen) atoms. The van der Waals surface area contributed by atoms with E-state index in [1.54, 1.807) is 0 Å². The van der Waals surface area contributed by atoms with Crippen molar-refractivity contribution in [1.82, 2.24) is 10.4 Å². The van der Waals surface area contributed by atoms with Gasteiger partial charge in [-0.15, -0.1) is 0 Å². The smallest absolute Gasteiger partial charge is 0.0445 e. The molecule has 0 aromatic rings. The molecule has 0 bridgehead atoms. The molecule has 3 rings (SSSR count). The largest absolute Gasteiger partial charge is 0.311 e. The van der Waals surface area contributed by atoms with Gasteiger partial charge >= 0.3 is 0 Å². The van der Waals surface area contributed by atoms with Crippen LogP contribution >= 0.6 is 0 Å². The second-order valence-corrected chi connectivity index (χ2v) is 3.52. The maximum Gasteiger partial charge on any atom is 0.0445 e. The van der Waals surface area contributed by atoms with Gasteiger partial charge in [0.05, 0.1) is 0 Å². The van der Waals surface area contributed by atoms with Crippen LogP contribution in [0.1, 0.15) is 6.42 Å². The van der Waals surface area contributed by atoms with Gasteiger partial charge in [0.2, 0.25) is 0 Å². The van der Waals surface area contributed by atoms with Crippen LogP contribution in [0.25, 0.3) is 0 Å². The zero-order valence-electron chi connectivity index (χ0n) is 6.96. The number of allylic oxidation sites excluding steroid dienone is 3. The number of hydrazine groups is 1. The first-order valence-electron chi connectivity index (χ1n) is 4.54. The van der Waals surface area contributed by atoms with Crippen molar-refractivity contribution >= 4 is 0 Å². The summed E-state index contributed by atoms with van der Waals surface area (Å²) in [5, 5.41) is 2.31. The van der Waals surface area contributed by atoms with E-state index in [-0.39, 0.29) is 0 Å². The zero-order valence-corrected chi connectivity index (χ0v) is 6.96. The predicted molar refractivity (Wildman–Crippen MR) is 48.1 cm³/mol. The van der Waals surface area contributed by atoms with Crippen molar-refractivity contribution in [3.63, 3.8) is 0 Å². The molecule has 0 amide bonds. The van der Waals surface area contributed by atoms with Crippen LogP contribution in [0.3, 0.4) is 0 Å². The number of fused-ring (bicyclic) bond motifs is 2. The molecule has 1 unspecified atom stereocenters. The van der Waals surface area contributed by atoms with Gasteiger partial charge in [-0.05, 0) is 5.57 Å². The van der Waals surface area contributed by atoms with Gasteiger partial charge in [-0.3, -0.25) is 0 Å². The Hall–Kier alpha value is -1.02.